The van der Waals surface area contributed by atoms with Crippen LogP contribution in [0.2, 0.25) is 0 Å². The average Bonchev–Trinajstić information content (AvgIpc) is 2.64. The zero-order valence-electron chi connectivity index (χ0n) is 5.30. The van der Waals surface area contributed by atoms with E-state index in [0.29, 0.717) is 5.92 Å². The summed E-state index contributed by atoms with van der Waals surface area (Å²) >= 11 is 5.09. The molecule has 0 aliphatic heterocycles. The van der Waals surface area contributed by atoms with Gasteiger partial charge in [0.25, 0.3) is 5.24 Å². The summed E-state index contributed by atoms with van der Waals surface area (Å²) < 4.78 is 0. The largest absolute Gasteiger partial charge is 0.275 e. The molecule has 0 aromatic heterocycles. The lowest BCUT2D eigenvalue weighted by atomic mass is 10.2. The molecule has 0 radical (unpaired) electrons. The van der Waals surface area contributed by atoms with Crippen LogP contribution in [0, 0.1) is 17.2 Å². The molecule has 0 atom stereocenters. The number of nitriles is 1. The monoisotopic (exact) mass is 155 g/mol. The van der Waals surface area contributed by atoms with E-state index < -0.39 is 5.24 Å². The lowest BCUT2D eigenvalue weighted by Gasteiger charge is -1.84. The molecule has 10 heavy (non-hydrogen) atoms. The zero-order chi connectivity index (χ0) is 7.56. The van der Waals surface area contributed by atoms with Crippen LogP contribution in [0.1, 0.15) is 12.8 Å². The maximum absolute atomic E-state index is 10.4. The second kappa shape index (κ2) is 2.85. The summed E-state index contributed by atoms with van der Waals surface area (Å²) in [5.74, 6) is 0.428. The highest BCUT2D eigenvalue weighted by Gasteiger charge is 2.20. The van der Waals surface area contributed by atoms with Crippen LogP contribution in [0.25, 0.3) is 0 Å². The number of hydrogen-bond donors (Lipinski definition) is 0. The standard InChI is InChI=1S/C7H6ClNO/c8-7(10)6(4-9)3-5-1-2-5/h3,5H,1-2H2/b6-3-. The summed E-state index contributed by atoms with van der Waals surface area (Å²) in [5, 5.41) is 7.71. The van der Waals surface area contributed by atoms with Crippen LogP contribution in [0.4, 0.5) is 0 Å². The van der Waals surface area contributed by atoms with Gasteiger partial charge in [-0.2, -0.15) is 5.26 Å². The van der Waals surface area contributed by atoms with Crippen molar-refractivity contribution < 1.29 is 4.79 Å². The molecule has 52 valence electrons. The van der Waals surface area contributed by atoms with E-state index in [-0.39, 0.29) is 5.57 Å². The van der Waals surface area contributed by atoms with Gasteiger partial charge in [0.1, 0.15) is 11.6 Å². The van der Waals surface area contributed by atoms with E-state index >= 15 is 0 Å². The van der Waals surface area contributed by atoms with Gasteiger partial charge in [-0.25, -0.2) is 0 Å². The van der Waals surface area contributed by atoms with Gasteiger partial charge in [0.15, 0.2) is 0 Å². The second-order valence-corrected chi connectivity index (χ2v) is 2.65. The van der Waals surface area contributed by atoms with Crippen molar-refractivity contribution in [3.05, 3.63) is 11.6 Å². The van der Waals surface area contributed by atoms with Crippen molar-refractivity contribution in [2.45, 2.75) is 12.8 Å². The van der Waals surface area contributed by atoms with Gasteiger partial charge in [0.2, 0.25) is 0 Å². The fraction of sp³-hybridized carbons (Fsp3) is 0.429. The van der Waals surface area contributed by atoms with Crippen LogP contribution in [0.15, 0.2) is 11.6 Å². The topological polar surface area (TPSA) is 40.9 Å². The Labute approximate surface area is 64.1 Å². The highest BCUT2D eigenvalue weighted by atomic mass is 35.5. The van der Waals surface area contributed by atoms with E-state index in [1.54, 1.807) is 12.1 Å². The minimum atomic E-state index is -0.644. The number of carbonyl (C=O) groups excluding carboxylic acids is 1. The van der Waals surface area contributed by atoms with Gasteiger partial charge in [0.05, 0.1) is 0 Å². The molecule has 0 aromatic rings. The van der Waals surface area contributed by atoms with Gasteiger partial charge in [-0.15, -0.1) is 0 Å². The molecule has 1 rings (SSSR count). The number of allylic oxidation sites excluding steroid dienone is 2. The third kappa shape index (κ3) is 1.85. The minimum Gasteiger partial charge on any atom is -0.275 e. The highest BCUT2D eigenvalue weighted by molar-refractivity contribution is 6.68. The Kier molecular flexibility index (Phi) is 2.08. The summed E-state index contributed by atoms with van der Waals surface area (Å²) in [5.41, 5.74) is 0.0872. The Morgan fingerprint density at radius 3 is 2.60 bits per heavy atom. The van der Waals surface area contributed by atoms with E-state index in [9.17, 15) is 4.79 Å². The maximum Gasteiger partial charge on any atom is 0.262 e. The van der Waals surface area contributed by atoms with Crippen LogP contribution in [-0.4, -0.2) is 5.24 Å². The Balaban J connectivity index is 2.64. The molecule has 0 heterocycles. The molecule has 0 aromatic carbocycles. The number of rotatable bonds is 2. The maximum atomic E-state index is 10.4. The molecule has 1 aliphatic rings. The first kappa shape index (κ1) is 7.30. The smallest absolute Gasteiger partial charge is 0.262 e. The zero-order valence-corrected chi connectivity index (χ0v) is 6.06. The SMILES string of the molecule is N#C/C(=C/C1CC1)C(=O)Cl. The molecular formula is C7H6ClNO. The van der Waals surface area contributed by atoms with Crippen molar-refractivity contribution in [2.24, 2.45) is 5.92 Å². The average molecular weight is 156 g/mol. The lowest BCUT2D eigenvalue weighted by Crippen LogP contribution is -1.89. The molecule has 0 bridgehead atoms. The Hall–Kier alpha value is -0.810. The normalized spacial score (nSPS) is 18.2. The Morgan fingerprint density at radius 1 is 1.70 bits per heavy atom. The summed E-state index contributed by atoms with van der Waals surface area (Å²) in [4.78, 5) is 10.4. The molecule has 0 unspecified atom stereocenters. The first-order valence-corrected chi connectivity index (χ1v) is 3.43. The molecule has 1 aliphatic carbocycles. The third-order valence-electron chi connectivity index (χ3n) is 1.36. The lowest BCUT2D eigenvalue weighted by molar-refractivity contribution is -0.108. The fourth-order valence-corrected chi connectivity index (χ4v) is 0.751. The second-order valence-electron chi connectivity index (χ2n) is 2.30. The van der Waals surface area contributed by atoms with Gasteiger partial charge in [-0.1, -0.05) is 6.08 Å². The van der Waals surface area contributed by atoms with Crippen molar-refractivity contribution in [3.8, 4) is 6.07 Å². The van der Waals surface area contributed by atoms with Crippen LogP contribution in [0.3, 0.4) is 0 Å². The predicted octanol–water partition coefficient (Wildman–Crippen LogP) is 1.61. The third-order valence-corrected chi connectivity index (χ3v) is 1.56. The summed E-state index contributed by atoms with van der Waals surface area (Å²) in [6.07, 6.45) is 3.81. The van der Waals surface area contributed by atoms with E-state index in [1.165, 1.54) is 0 Å². The van der Waals surface area contributed by atoms with E-state index in [0.717, 1.165) is 12.8 Å². The molecule has 0 spiro atoms. The number of hydrogen-bond acceptors (Lipinski definition) is 2. The van der Waals surface area contributed by atoms with Gasteiger partial charge >= 0.3 is 0 Å². The molecule has 0 N–H and O–H groups in total. The van der Waals surface area contributed by atoms with Crippen molar-refractivity contribution in [2.75, 3.05) is 0 Å². The quantitative estimate of drug-likeness (QED) is 0.345. The van der Waals surface area contributed by atoms with Crippen molar-refractivity contribution in [3.63, 3.8) is 0 Å². The van der Waals surface area contributed by atoms with E-state index in [4.69, 9.17) is 16.9 Å². The van der Waals surface area contributed by atoms with Gasteiger partial charge in [-0.05, 0) is 30.4 Å². The van der Waals surface area contributed by atoms with Crippen LogP contribution < -0.4 is 0 Å². The Morgan fingerprint density at radius 2 is 2.30 bits per heavy atom. The summed E-state index contributed by atoms with van der Waals surface area (Å²) in [7, 11) is 0. The first-order chi connectivity index (χ1) is 4.74. The Bertz CT molecular complexity index is 222. The number of carbonyl (C=O) groups is 1. The van der Waals surface area contributed by atoms with Crippen LogP contribution in [0.5, 0.6) is 0 Å². The minimum absolute atomic E-state index is 0.0872. The molecule has 1 fully saturated rings. The van der Waals surface area contributed by atoms with Gasteiger partial charge in [0, 0.05) is 0 Å². The molecule has 2 nitrogen and oxygen atoms in total. The summed E-state index contributed by atoms with van der Waals surface area (Å²) in [6, 6.07) is 1.75. The van der Waals surface area contributed by atoms with Crippen molar-refractivity contribution in [1.82, 2.24) is 0 Å². The molecule has 0 saturated heterocycles. The summed E-state index contributed by atoms with van der Waals surface area (Å²) in [6.45, 7) is 0. The van der Waals surface area contributed by atoms with Crippen LogP contribution in [-0.2, 0) is 4.79 Å². The van der Waals surface area contributed by atoms with Gasteiger partial charge < -0.3 is 0 Å². The molecule has 3 heteroatoms. The van der Waals surface area contributed by atoms with Crippen LogP contribution >= 0.6 is 11.6 Å². The van der Waals surface area contributed by atoms with Gasteiger partial charge in [-0.3, -0.25) is 4.79 Å². The predicted molar refractivity (Wildman–Crippen MR) is 37.3 cm³/mol. The van der Waals surface area contributed by atoms with E-state index in [1.807, 2.05) is 0 Å². The van der Waals surface area contributed by atoms with E-state index in [2.05, 4.69) is 0 Å². The molecule has 0 amide bonds. The number of halogens is 1. The van der Waals surface area contributed by atoms with Crippen molar-refractivity contribution in [1.29, 1.82) is 5.26 Å². The number of nitrogens with zero attached hydrogens (tertiary/aromatic N) is 1. The highest BCUT2D eigenvalue weighted by Crippen LogP contribution is 2.31. The molecular weight excluding hydrogens is 150 g/mol. The fourth-order valence-electron chi connectivity index (χ4n) is 0.645. The van der Waals surface area contributed by atoms with Crippen molar-refractivity contribution >= 4 is 16.8 Å². The first-order valence-electron chi connectivity index (χ1n) is 3.06. The molecule has 1 saturated carbocycles.